The van der Waals surface area contributed by atoms with Crippen molar-refractivity contribution in [1.82, 2.24) is 0 Å². The highest BCUT2D eigenvalue weighted by Gasteiger charge is 2.33. The number of nitrogens with zero attached hydrogens (tertiary/aromatic N) is 1. The summed E-state index contributed by atoms with van der Waals surface area (Å²) in [5.74, 6) is 1.79. The van der Waals surface area contributed by atoms with Gasteiger partial charge in [-0.05, 0) is 85.3 Å². The lowest BCUT2D eigenvalue weighted by molar-refractivity contribution is 0.411. The molecule has 0 spiro atoms. The maximum Gasteiger partial charge on any atom is 0.121 e. The Labute approximate surface area is 181 Å². The molecule has 30 heavy (non-hydrogen) atoms. The summed E-state index contributed by atoms with van der Waals surface area (Å²) in [4.78, 5) is 2.16. The molecule has 0 aliphatic rings. The van der Waals surface area contributed by atoms with Crippen molar-refractivity contribution in [2.45, 2.75) is 33.1 Å². The average Bonchev–Trinajstić information content (AvgIpc) is 2.72. The van der Waals surface area contributed by atoms with E-state index in [1.165, 1.54) is 33.5 Å². The zero-order chi connectivity index (χ0) is 22.1. The minimum atomic E-state index is -0.316. The smallest absolute Gasteiger partial charge is 0.121 e. The summed E-state index contributed by atoms with van der Waals surface area (Å²) in [6.45, 7) is 8.75. The first-order valence-electron chi connectivity index (χ1n) is 10.3. The van der Waals surface area contributed by atoms with Gasteiger partial charge in [-0.2, -0.15) is 0 Å². The normalized spacial score (nSPS) is 12.9. The zero-order valence-corrected chi connectivity index (χ0v) is 19.5. The molecule has 0 saturated heterocycles. The van der Waals surface area contributed by atoms with Crippen LogP contribution in [0.25, 0.3) is 0 Å². The van der Waals surface area contributed by atoms with Crippen LogP contribution < -0.4 is 14.4 Å². The Kier molecular flexibility index (Phi) is 6.12. The SMILES string of the molecule is COc1ccc(C(C)(c2ccc(OC)c(C)c2)c2ccc(N(C)C)c(C)c2)c(C)c1. The predicted molar refractivity (Wildman–Crippen MR) is 127 cm³/mol. The van der Waals surface area contributed by atoms with Gasteiger partial charge in [0.2, 0.25) is 0 Å². The lowest BCUT2D eigenvalue weighted by atomic mass is 9.69. The van der Waals surface area contributed by atoms with Gasteiger partial charge in [0.1, 0.15) is 11.5 Å². The van der Waals surface area contributed by atoms with Gasteiger partial charge >= 0.3 is 0 Å². The fourth-order valence-corrected chi connectivity index (χ4v) is 4.46. The van der Waals surface area contributed by atoms with Gasteiger partial charge in [-0.3, -0.25) is 0 Å². The number of hydrogen-bond acceptors (Lipinski definition) is 3. The van der Waals surface area contributed by atoms with E-state index in [1.807, 2.05) is 0 Å². The highest BCUT2D eigenvalue weighted by atomic mass is 16.5. The molecule has 0 radical (unpaired) electrons. The lowest BCUT2D eigenvalue weighted by Crippen LogP contribution is -2.27. The third-order valence-corrected chi connectivity index (χ3v) is 6.20. The Morgan fingerprint density at radius 2 is 1.33 bits per heavy atom. The Morgan fingerprint density at radius 1 is 0.700 bits per heavy atom. The van der Waals surface area contributed by atoms with E-state index in [1.54, 1.807) is 14.2 Å². The Balaban J connectivity index is 2.29. The Morgan fingerprint density at radius 3 is 1.83 bits per heavy atom. The van der Waals surface area contributed by atoms with Gasteiger partial charge in [0.25, 0.3) is 0 Å². The number of rotatable bonds is 6. The molecule has 0 aromatic heterocycles. The number of hydrogen-bond donors (Lipinski definition) is 0. The van der Waals surface area contributed by atoms with E-state index in [9.17, 15) is 0 Å². The summed E-state index contributed by atoms with van der Waals surface area (Å²) < 4.78 is 11.0. The third kappa shape index (κ3) is 3.77. The third-order valence-electron chi connectivity index (χ3n) is 6.20. The Hall–Kier alpha value is -2.94. The van der Waals surface area contributed by atoms with Crippen LogP contribution in [0.5, 0.6) is 11.5 Å². The number of aryl methyl sites for hydroxylation is 3. The van der Waals surface area contributed by atoms with Gasteiger partial charge in [0, 0.05) is 25.2 Å². The summed E-state index contributed by atoms with van der Waals surface area (Å²) >= 11 is 0. The largest absolute Gasteiger partial charge is 0.497 e. The second kappa shape index (κ2) is 8.43. The van der Waals surface area contributed by atoms with Crippen LogP contribution in [0.1, 0.15) is 40.3 Å². The summed E-state index contributed by atoms with van der Waals surface area (Å²) in [5.41, 5.74) is 8.30. The molecule has 0 amide bonds. The number of benzene rings is 3. The van der Waals surface area contributed by atoms with Crippen molar-refractivity contribution in [3.05, 3.63) is 88.0 Å². The molecule has 0 aliphatic heterocycles. The molecule has 0 saturated carbocycles. The molecule has 0 heterocycles. The van der Waals surface area contributed by atoms with E-state index in [0.29, 0.717) is 0 Å². The molecule has 1 unspecified atom stereocenters. The molecule has 3 rings (SSSR count). The monoisotopic (exact) mass is 403 g/mol. The standard InChI is InChI=1S/C27H33NO2/c1-18-17-23(29-7)11-12-24(18)27(4,22-10-14-26(30-8)20(3)16-22)21-9-13-25(28(5)6)19(2)15-21/h9-17H,1-8H3. The van der Waals surface area contributed by atoms with E-state index in [2.05, 4.69) is 101 Å². The maximum absolute atomic E-state index is 5.52. The van der Waals surface area contributed by atoms with Crippen molar-refractivity contribution in [1.29, 1.82) is 0 Å². The predicted octanol–water partition coefficient (Wildman–Crippen LogP) is 6.05. The highest BCUT2D eigenvalue weighted by Crippen LogP contribution is 2.43. The molecule has 158 valence electrons. The summed E-state index contributed by atoms with van der Waals surface area (Å²) in [7, 11) is 7.60. The molecular formula is C27H33NO2. The first-order valence-corrected chi connectivity index (χ1v) is 10.3. The van der Waals surface area contributed by atoms with Crippen molar-refractivity contribution in [3.8, 4) is 11.5 Å². The van der Waals surface area contributed by atoms with Gasteiger partial charge in [-0.25, -0.2) is 0 Å². The summed E-state index contributed by atoms with van der Waals surface area (Å²) in [5, 5.41) is 0. The summed E-state index contributed by atoms with van der Waals surface area (Å²) in [6, 6.07) is 19.7. The van der Waals surface area contributed by atoms with E-state index in [4.69, 9.17) is 9.47 Å². The maximum atomic E-state index is 5.52. The van der Waals surface area contributed by atoms with E-state index in [0.717, 1.165) is 17.1 Å². The number of ether oxygens (including phenoxy) is 2. The van der Waals surface area contributed by atoms with E-state index >= 15 is 0 Å². The van der Waals surface area contributed by atoms with Crippen LogP contribution in [-0.2, 0) is 5.41 Å². The van der Waals surface area contributed by atoms with Crippen LogP contribution in [0.3, 0.4) is 0 Å². The molecule has 3 heteroatoms. The molecule has 0 aliphatic carbocycles. The number of methoxy groups -OCH3 is 2. The number of anilines is 1. The fourth-order valence-electron chi connectivity index (χ4n) is 4.46. The quantitative estimate of drug-likeness (QED) is 0.468. The molecule has 1 atom stereocenters. The van der Waals surface area contributed by atoms with Crippen molar-refractivity contribution in [2.24, 2.45) is 0 Å². The van der Waals surface area contributed by atoms with Gasteiger partial charge in [-0.1, -0.05) is 30.3 Å². The second-order valence-corrected chi connectivity index (χ2v) is 8.39. The molecular weight excluding hydrogens is 370 g/mol. The lowest BCUT2D eigenvalue weighted by Gasteiger charge is -2.34. The second-order valence-electron chi connectivity index (χ2n) is 8.39. The van der Waals surface area contributed by atoms with Crippen LogP contribution in [0, 0.1) is 20.8 Å². The molecule has 3 nitrogen and oxygen atoms in total. The van der Waals surface area contributed by atoms with Crippen LogP contribution in [-0.4, -0.2) is 28.3 Å². The summed E-state index contributed by atoms with van der Waals surface area (Å²) in [6.07, 6.45) is 0. The minimum absolute atomic E-state index is 0.316. The first-order chi connectivity index (χ1) is 14.2. The van der Waals surface area contributed by atoms with Gasteiger partial charge in [0.05, 0.1) is 14.2 Å². The topological polar surface area (TPSA) is 21.7 Å². The zero-order valence-electron chi connectivity index (χ0n) is 19.5. The fraction of sp³-hybridized carbons (Fsp3) is 0.333. The van der Waals surface area contributed by atoms with Crippen LogP contribution in [0.15, 0.2) is 54.6 Å². The average molecular weight is 404 g/mol. The molecule has 0 bridgehead atoms. The van der Waals surface area contributed by atoms with Gasteiger partial charge in [-0.15, -0.1) is 0 Å². The van der Waals surface area contributed by atoms with Gasteiger partial charge in [0.15, 0.2) is 0 Å². The molecule has 3 aromatic rings. The van der Waals surface area contributed by atoms with Crippen molar-refractivity contribution in [3.63, 3.8) is 0 Å². The molecule has 0 N–H and O–H groups in total. The van der Waals surface area contributed by atoms with Gasteiger partial charge < -0.3 is 14.4 Å². The van der Waals surface area contributed by atoms with E-state index in [-0.39, 0.29) is 5.41 Å². The molecule has 0 fully saturated rings. The van der Waals surface area contributed by atoms with Crippen molar-refractivity contribution >= 4 is 5.69 Å². The first kappa shape index (κ1) is 21.8. The Bertz CT molecular complexity index is 1050. The van der Waals surface area contributed by atoms with Crippen LogP contribution in [0.4, 0.5) is 5.69 Å². The van der Waals surface area contributed by atoms with Crippen LogP contribution >= 0.6 is 0 Å². The highest BCUT2D eigenvalue weighted by molar-refractivity contribution is 5.60. The van der Waals surface area contributed by atoms with Crippen molar-refractivity contribution < 1.29 is 9.47 Å². The minimum Gasteiger partial charge on any atom is -0.497 e. The van der Waals surface area contributed by atoms with Crippen LogP contribution in [0.2, 0.25) is 0 Å². The van der Waals surface area contributed by atoms with Crippen molar-refractivity contribution in [2.75, 3.05) is 33.2 Å². The van der Waals surface area contributed by atoms with E-state index < -0.39 is 0 Å². The molecule has 3 aromatic carbocycles.